The van der Waals surface area contributed by atoms with Gasteiger partial charge in [0.05, 0.1) is 13.2 Å². The third-order valence-corrected chi connectivity index (χ3v) is 3.02. The summed E-state index contributed by atoms with van der Waals surface area (Å²) in [6.07, 6.45) is 2.05. The molecule has 5 nitrogen and oxygen atoms in total. The fourth-order valence-corrected chi connectivity index (χ4v) is 2.10. The molecule has 1 aromatic carbocycles. The minimum absolute atomic E-state index is 0.0576. The highest BCUT2D eigenvalue weighted by molar-refractivity contribution is 9.10. The molecular weight excluding hydrogens is 300 g/mol. The van der Waals surface area contributed by atoms with Gasteiger partial charge in [-0.3, -0.25) is 20.0 Å². The van der Waals surface area contributed by atoms with Crippen molar-refractivity contribution in [3.63, 3.8) is 0 Å². The zero-order valence-electron chi connectivity index (χ0n) is 9.39. The Balaban J connectivity index is 2.64. The van der Waals surface area contributed by atoms with Gasteiger partial charge in [0.15, 0.2) is 6.29 Å². The van der Waals surface area contributed by atoms with Gasteiger partial charge in [-0.05, 0) is 12.1 Å². The van der Waals surface area contributed by atoms with Gasteiger partial charge in [0.25, 0.3) is 0 Å². The Morgan fingerprint density at radius 1 is 1.50 bits per heavy atom. The van der Waals surface area contributed by atoms with E-state index < -0.39 is 5.78 Å². The van der Waals surface area contributed by atoms with Crippen molar-refractivity contribution in [2.75, 3.05) is 13.2 Å². The minimum atomic E-state index is -0.620. The number of aliphatic hydroxyl groups is 1. The highest BCUT2D eigenvalue weighted by Crippen LogP contribution is 2.04. The van der Waals surface area contributed by atoms with Gasteiger partial charge in [-0.1, -0.05) is 22.0 Å². The number of rotatable bonds is 4. The summed E-state index contributed by atoms with van der Waals surface area (Å²) in [5, 5.41) is 12.0. The van der Waals surface area contributed by atoms with Crippen LogP contribution in [0.25, 0.3) is 11.9 Å². The van der Waals surface area contributed by atoms with E-state index in [4.69, 9.17) is 5.11 Å². The molecule has 0 saturated heterocycles. The standard InChI is InChI=1S/C12H11BrN2O3/c13-9-2-1-8-6-15(3-4-16)14-12(10(8)5-9)11(18)7-17/h1-2,5-7,14,16H,3-4H2. The maximum atomic E-state index is 11.6. The van der Waals surface area contributed by atoms with Gasteiger partial charge < -0.3 is 5.11 Å². The quantitative estimate of drug-likeness (QED) is 0.544. The van der Waals surface area contributed by atoms with E-state index >= 15 is 0 Å². The average molecular weight is 311 g/mol. The number of nitrogens with zero attached hydrogens (tertiary/aromatic N) is 1. The Kier molecular flexibility index (Phi) is 3.78. The molecule has 2 N–H and O–H groups in total. The Morgan fingerprint density at radius 2 is 2.28 bits per heavy atom. The molecule has 0 radical (unpaired) electrons. The Bertz CT molecular complexity index is 612. The number of carbonyl (C=O) groups is 2. The van der Waals surface area contributed by atoms with Crippen LogP contribution in [0.4, 0.5) is 0 Å². The molecule has 1 heterocycles. The van der Waals surface area contributed by atoms with Crippen LogP contribution in [0.15, 0.2) is 22.7 Å². The first-order valence-electron chi connectivity index (χ1n) is 5.31. The normalized spacial score (nSPS) is 13.4. The number of carbonyl (C=O) groups excluding carboxylic acids is 2. The van der Waals surface area contributed by atoms with Gasteiger partial charge in [0.1, 0.15) is 5.70 Å². The third-order valence-electron chi connectivity index (χ3n) is 2.53. The summed E-state index contributed by atoms with van der Waals surface area (Å²) in [5.41, 5.74) is 3.04. The maximum Gasteiger partial charge on any atom is 0.243 e. The second kappa shape index (κ2) is 5.32. The minimum Gasteiger partial charge on any atom is -0.394 e. The molecule has 1 aliphatic rings. The first kappa shape index (κ1) is 12.8. The van der Waals surface area contributed by atoms with Crippen LogP contribution in [0, 0.1) is 0 Å². The number of hydrogen-bond donors (Lipinski definition) is 2. The lowest BCUT2D eigenvalue weighted by Crippen LogP contribution is -2.48. The van der Waals surface area contributed by atoms with Crippen molar-refractivity contribution in [1.29, 1.82) is 0 Å². The summed E-state index contributed by atoms with van der Waals surface area (Å²) in [6.45, 7) is 0.267. The number of Topliss-reactive ketones (excluding diaryl/α,β-unsaturated/α-hetero) is 1. The molecule has 0 saturated carbocycles. The van der Waals surface area contributed by atoms with Crippen molar-refractivity contribution < 1.29 is 14.7 Å². The van der Waals surface area contributed by atoms with Gasteiger partial charge >= 0.3 is 0 Å². The number of aldehydes is 1. The summed E-state index contributed by atoms with van der Waals surface area (Å²) in [5.74, 6) is -0.620. The van der Waals surface area contributed by atoms with Gasteiger partial charge in [0.2, 0.25) is 5.78 Å². The highest BCUT2D eigenvalue weighted by atomic mass is 79.9. The van der Waals surface area contributed by atoms with Gasteiger partial charge in [-0.15, -0.1) is 0 Å². The molecule has 6 heteroatoms. The zero-order valence-corrected chi connectivity index (χ0v) is 11.0. The number of nitrogens with one attached hydrogen (secondary N) is 1. The Labute approximate surface area is 112 Å². The summed E-state index contributed by atoms with van der Waals surface area (Å²) in [4.78, 5) is 22.3. The zero-order chi connectivity index (χ0) is 13.1. The molecule has 0 amide bonds. The van der Waals surface area contributed by atoms with Crippen LogP contribution < -0.4 is 15.9 Å². The molecule has 0 spiro atoms. The number of benzene rings is 1. The number of hydrazine groups is 1. The van der Waals surface area contributed by atoms with Gasteiger partial charge in [-0.2, -0.15) is 0 Å². The van der Waals surface area contributed by atoms with Crippen LogP contribution in [0.2, 0.25) is 0 Å². The number of hydrogen-bond acceptors (Lipinski definition) is 5. The second-order valence-electron chi connectivity index (χ2n) is 3.75. The summed E-state index contributed by atoms with van der Waals surface area (Å²) in [6, 6.07) is 5.45. The van der Waals surface area contributed by atoms with Crippen LogP contribution >= 0.6 is 15.9 Å². The number of halogens is 1. The van der Waals surface area contributed by atoms with E-state index in [1.807, 2.05) is 12.1 Å². The predicted molar refractivity (Wildman–Crippen MR) is 69.3 cm³/mol. The fourth-order valence-electron chi connectivity index (χ4n) is 1.74. The number of fused-ring (bicyclic) bond motifs is 1. The van der Waals surface area contributed by atoms with Crippen molar-refractivity contribution in [2.24, 2.45) is 0 Å². The molecule has 1 aliphatic heterocycles. The van der Waals surface area contributed by atoms with E-state index in [0.29, 0.717) is 11.8 Å². The lowest BCUT2D eigenvalue weighted by molar-refractivity contribution is -0.126. The van der Waals surface area contributed by atoms with Gasteiger partial charge in [0, 0.05) is 21.1 Å². The first-order valence-corrected chi connectivity index (χ1v) is 6.10. The molecule has 0 atom stereocenters. The summed E-state index contributed by atoms with van der Waals surface area (Å²) >= 11 is 3.33. The van der Waals surface area contributed by atoms with Crippen LogP contribution in [0.3, 0.4) is 0 Å². The van der Waals surface area contributed by atoms with Gasteiger partial charge in [-0.25, -0.2) is 0 Å². The molecule has 2 rings (SSSR count). The monoisotopic (exact) mass is 310 g/mol. The maximum absolute atomic E-state index is 11.6. The van der Waals surface area contributed by atoms with Crippen molar-refractivity contribution in [3.05, 3.63) is 33.1 Å². The molecule has 1 aromatic rings. The largest absolute Gasteiger partial charge is 0.394 e. The molecule has 0 fully saturated rings. The van der Waals surface area contributed by atoms with E-state index in [-0.39, 0.29) is 18.6 Å². The smallest absolute Gasteiger partial charge is 0.243 e. The first-order chi connectivity index (χ1) is 8.65. The fraction of sp³-hybridized carbons (Fsp3) is 0.167. The number of β-amino-alcohol motifs (C(OH)–C–C–N with tert-alkyl or cyclic N) is 1. The van der Waals surface area contributed by atoms with Crippen LogP contribution in [0.1, 0.15) is 0 Å². The molecular formula is C12H11BrN2O3. The second-order valence-corrected chi connectivity index (χ2v) is 4.66. The van der Waals surface area contributed by atoms with Crippen molar-refractivity contribution in [3.8, 4) is 0 Å². The third kappa shape index (κ3) is 2.44. The molecule has 0 aromatic heterocycles. The summed E-state index contributed by atoms with van der Waals surface area (Å²) < 4.78 is 0.822. The van der Waals surface area contributed by atoms with E-state index in [9.17, 15) is 9.59 Å². The number of aliphatic hydroxyl groups excluding tert-OH is 1. The SMILES string of the molecule is O=CC(=O)C1=c2cc(Br)ccc2=CN(CCO)N1. The van der Waals surface area contributed by atoms with Crippen molar-refractivity contribution in [2.45, 2.75) is 0 Å². The van der Waals surface area contributed by atoms with E-state index in [0.717, 1.165) is 9.69 Å². The molecule has 94 valence electrons. The Morgan fingerprint density at radius 3 is 2.94 bits per heavy atom. The molecule has 0 unspecified atom stereocenters. The molecule has 0 aliphatic carbocycles. The topological polar surface area (TPSA) is 69.6 Å². The molecule has 0 bridgehead atoms. The predicted octanol–water partition coefficient (Wildman–Crippen LogP) is -1.12. The average Bonchev–Trinajstić information content (AvgIpc) is 2.38. The van der Waals surface area contributed by atoms with Crippen molar-refractivity contribution in [1.82, 2.24) is 10.4 Å². The molecule has 18 heavy (non-hydrogen) atoms. The van der Waals surface area contributed by atoms with E-state index in [1.54, 1.807) is 17.3 Å². The lowest BCUT2D eigenvalue weighted by Gasteiger charge is -2.25. The van der Waals surface area contributed by atoms with E-state index in [2.05, 4.69) is 21.4 Å². The van der Waals surface area contributed by atoms with Crippen LogP contribution in [-0.2, 0) is 9.59 Å². The van der Waals surface area contributed by atoms with Crippen LogP contribution in [0.5, 0.6) is 0 Å². The van der Waals surface area contributed by atoms with Crippen molar-refractivity contribution >= 4 is 39.9 Å². The van der Waals surface area contributed by atoms with Crippen LogP contribution in [-0.4, -0.2) is 35.3 Å². The number of ketones is 1. The lowest BCUT2D eigenvalue weighted by atomic mass is 10.1. The van der Waals surface area contributed by atoms with E-state index in [1.165, 1.54) is 0 Å². The summed E-state index contributed by atoms with van der Waals surface area (Å²) in [7, 11) is 0. The highest BCUT2D eigenvalue weighted by Gasteiger charge is 2.16. The Hall–Kier alpha value is -1.66.